The van der Waals surface area contributed by atoms with Gasteiger partial charge in [-0.15, -0.1) is 5.10 Å². The first kappa shape index (κ1) is 11.3. The Hall–Kier alpha value is -2.17. The number of rotatable bonds is 3. The maximum Gasteiger partial charge on any atom is 0.103 e. The van der Waals surface area contributed by atoms with Crippen molar-refractivity contribution in [2.45, 2.75) is 0 Å². The molecule has 0 spiro atoms. The van der Waals surface area contributed by atoms with E-state index in [1.54, 1.807) is 0 Å². The van der Waals surface area contributed by atoms with E-state index in [0.717, 1.165) is 11.1 Å². The Morgan fingerprint density at radius 2 is 1.18 bits per heavy atom. The zero-order valence-corrected chi connectivity index (χ0v) is 9.06. The van der Waals surface area contributed by atoms with Gasteiger partial charge in [0.15, 0.2) is 0 Å². The first-order valence-electron chi connectivity index (χ1n) is 5.14. The van der Waals surface area contributed by atoms with Gasteiger partial charge in [0.2, 0.25) is 0 Å². The molecule has 2 rings (SSSR count). The molecule has 0 aromatic heterocycles. The molecule has 17 heavy (non-hydrogen) atoms. The van der Waals surface area contributed by atoms with Gasteiger partial charge >= 0.3 is 0 Å². The van der Waals surface area contributed by atoms with Crippen molar-refractivity contribution >= 4 is 5.71 Å². The van der Waals surface area contributed by atoms with Gasteiger partial charge in [-0.1, -0.05) is 60.7 Å². The number of hydrogen-bond acceptors (Lipinski definition) is 4. The van der Waals surface area contributed by atoms with Crippen molar-refractivity contribution in [2.24, 2.45) is 5.10 Å². The molecule has 4 heteroatoms. The summed E-state index contributed by atoms with van der Waals surface area (Å²) in [6.07, 6.45) is 0. The highest BCUT2D eigenvalue weighted by Crippen LogP contribution is 2.11. The fourth-order valence-corrected chi connectivity index (χ4v) is 1.56. The third-order valence-electron chi connectivity index (χ3n) is 2.28. The molecular weight excluding hydrogens is 216 g/mol. The number of hydrogen-bond donors (Lipinski definition) is 2. The smallest absolute Gasteiger partial charge is 0.103 e. The lowest BCUT2D eigenvalue weighted by Gasteiger charge is -2.08. The lowest BCUT2D eigenvalue weighted by Crippen LogP contribution is -2.12. The molecule has 0 saturated carbocycles. The van der Waals surface area contributed by atoms with Crippen LogP contribution in [0.4, 0.5) is 0 Å². The molecule has 0 fully saturated rings. The highest BCUT2D eigenvalue weighted by molar-refractivity contribution is 6.12. The zero-order chi connectivity index (χ0) is 12.1. The Morgan fingerprint density at radius 1 is 0.765 bits per heavy atom. The van der Waals surface area contributed by atoms with E-state index < -0.39 is 0 Å². The summed E-state index contributed by atoms with van der Waals surface area (Å²) in [7, 11) is 0. The van der Waals surface area contributed by atoms with Gasteiger partial charge in [0.1, 0.15) is 5.71 Å². The highest BCUT2D eigenvalue weighted by Gasteiger charge is 2.07. The predicted molar refractivity (Wildman–Crippen MR) is 63.9 cm³/mol. The van der Waals surface area contributed by atoms with Crippen LogP contribution in [-0.4, -0.2) is 21.5 Å². The second-order valence-corrected chi connectivity index (χ2v) is 3.45. The summed E-state index contributed by atoms with van der Waals surface area (Å²) < 4.78 is 0. The molecule has 86 valence electrons. The molecule has 0 bridgehead atoms. The van der Waals surface area contributed by atoms with E-state index in [0.29, 0.717) is 5.71 Å². The maximum atomic E-state index is 8.85. The lowest BCUT2D eigenvalue weighted by molar-refractivity contribution is -0.307. The monoisotopic (exact) mass is 228 g/mol. The molecule has 0 saturated heterocycles. The molecule has 2 N–H and O–H groups in total. The molecule has 0 aliphatic rings. The summed E-state index contributed by atoms with van der Waals surface area (Å²) in [6.45, 7) is 0. The van der Waals surface area contributed by atoms with Crippen LogP contribution in [0.2, 0.25) is 0 Å². The van der Waals surface area contributed by atoms with Gasteiger partial charge < -0.3 is 0 Å². The summed E-state index contributed by atoms with van der Waals surface area (Å²) in [5.41, 5.74) is 2.12. The van der Waals surface area contributed by atoms with Crippen LogP contribution >= 0.6 is 0 Å². The summed E-state index contributed by atoms with van der Waals surface area (Å²) >= 11 is 0. The average molecular weight is 228 g/mol. The molecule has 4 nitrogen and oxygen atoms in total. The van der Waals surface area contributed by atoms with Crippen molar-refractivity contribution in [3.05, 3.63) is 71.8 Å². The number of nitrogens with zero attached hydrogens (tertiary/aromatic N) is 2. The third-order valence-corrected chi connectivity index (χ3v) is 2.28. The Bertz CT molecular complexity index is 454. The van der Waals surface area contributed by atoms with Crippen LogP contribution in [0.1, 0.15) is 11.1 Å². The van der Waals surface area contributed by atoms with Crippen LogP contribution in [0.5, 0.6) is 0 Å². The second-order valence-electron chi connectivity index (χ2n) is 3.45. The van der Waals surface area contributed by atoms with E-state index in [1.165, 1.54) is 0 Å². The van der Waals surface area contributed by atoms with E-state index in [2.05, 4.69) is 5.10 Å². The summed E-state index contributed by atoms with van der Waals surface area (Å²) in [5, 5.41) is 21.2. The van der Waals surface area contributed by atoms with E-state index >= 15 is 0 Å². The van der Waals surface area contributed by atoms with Gasteiger partial charge in [-0.2, -0.15) is 0 Å². The molecule has 0 unspecified atom stereocenters. The van der Waals surface area contributed by atoms with E-state index in [1.807, 2.05) is 60.7 Å². The van der Waals surface area contributed by atoms with Crippen LogP contribution < -0.4 is 0 Å². The van der Waals surface area contributed by atoms with Crippen LogP contribution in [0.25, 0.3) is 0 Å². The van der Waals surface area contributed by atoms with E-state index in [-0.39, 0.29) is 5.34 Å². The van der Waals surface area contributed by atoms with Crippen molar-refractivity contribution in [2.75, 3.05) is 0 Å². The number of benzene rings is 2. The van der Waals surface area contributed by atoms with Crippen LogP contribution in [-0.2, 0) is 0 Å². The predicted octanol–water partition coefficient (Wildman–Crippen LogP) is 2.52. The van der Waals surface area contributed by atoms with Crippen LogP contribution in [0.15, 0.2) is 65.8 Å². The topological polar surface area (TPSA) is 56.1 Å². The summed E-state index contributed by atoms with van der Waals surface area (Å²) in [4.78, 5) is 0. The first-order chi connectivity index (χ1) is 8.27. The number of hydrazone groups is 1. The molecule has 0 amide bonds. The van der Waals surface area contributed by atoms with E-state index in [9.17, 15) is 0 Å². The van der Waals surface area contributed by atoms with Crippen molar-refractivity contribution in [1.82, 2.24) is 5.34 Å². The van der Waals surface area contributed by atoms with Gasteiger partial charge in [0.25, 0.3) is 0 Å². The molecule has 2 aromatic carbocycles. The molecule has 0 aliphatic heterocycles. The zero-order valence-electron chi connectivity index (χ0n) is 9.06. The Labute approximate surface area is 99.0 Å². The third kappa shape index (κ3) is 2.90. The molecular formula is C13H12N2O2. The lowest BCUT2D eigenvalue weighted by atomic mass is 10.0. The quantitative estimate of drug-likeness (QED) is 0.627. The van der Waals surface area contributed by atoms with Gasteiger partial charge in [-0.25, -0.2) is 10.4 Å². The molecule has 0 aliphatic carbocycles. The summed E-state index contributed by atoms with van der Waals surface area (Å²) in [5.74, 6) is 0. The normalized spacial score (nSPS) is 9.76. The standard InChI is InChI=1S/C13H12N2O2/c16-15(17)14-13(11-7-3-1-4-8-11)12-9-5-2-6-10-12/h1-10,16-17H. The average Bonchev–Trinajstić information content (AvgIpc) is 2.38. The molecule has 2 aromatic rings. The minimum absolute atomic E-state index is 0.171. The van der Waals surface area contributed by atoms with Crippen LogP contribution in [0.3, 0.4) is 0 Å². The molecule has 0 radical (unpaired) electrons. The van der Waals surface area contributed by atoms with Gasteiger partial charge in [0, 0.05) is 11.1 Å². The SMILES string of the molecule is ON(O)N=C(c1ccccc1)c1ccccc1. The summed E-state index contributed by atoms with van der Waals surface area (Å²) in [6, 6.07) is 18.7. The molecule has 0 atom stereocenters. The van der Waals surface area contributed by atoms with Gasteiger partial charge in [-0.3, -0.25) is 0 Å². The minimum Gasteiger partial charge on any atom is -0.247 e. The first-order valence-corrected chi connectivity index (χ1v) is 5.14. The Morgan fingerprint density at radius 3 is 1.53 bits per heavy atom. The maximum absolute atomic E-state index is 8.85. The van der Waals surface area contributed by atoms with Crippen molar-refractivity contribution in [1.29, 1.82) is 0 Å². The minimum atomic E-state index is -0.171. The van der Waals surface area contributed by atoms with Gasteiger partial charge in [0.05, 0.1) is 0 Å². The highest BCUT2D eigenvalue weighted by atomic mass is 16.8. The second kappa shape index (κ2) is 5.25. The van der Waals surface area contributed by atoms with Crippen molar-refractivity contribution < 1.29 is 10.4 Å². The molecule has 0 heterocycles. The van der Waals surface area contributed by atoms with Crippen molar-refractivity contribution in [3.63, 3.8) is 0 Å². The fraction of sp³-hybridized carbons (Fsp3) is 0. The largest absolute Gasteiger partial charge is 0.247 e. The Balaban J connectivity index is 2.47. The van der Waals surface area contributed by atoms with Gasteiger partial charge in [-0.05, 0) is 5.34 Å². The Kier molecular flexibility index (Phi) is 3.49. The van der Waals surface area contributed by atoms with Crippen LogP contribution in [0, 0.1) is 0 Å². The van der Waals surface area contributed by atoms with Crippen molar-refractivity contribution in [3.8, 4) is 0 Å². The van der Waals surface area contributed by atoms with E-state index in [4.69, 9.17) is 10.4 Å². The fourth-order valence-electron chi connectivity index (χ4n) is 1.56.